The first-order chi connectivity index (χ1) is 9.92. The lowest BCUT2D eigenvalue weighted by molar-refractivity contribution is 0.102. The van der Waals surface area contributed by atoms with Gasteiger partial charge in [-0.05, 0) is 34.1 Å². The lowest BCUT2D eigenvalue weighted by atomic mass is 10.2. The number of carbonyl (C=O) groups excluding carboxylic acids is 1. The van der Waals surface area contributed by atoms with Crippen LogP contribution < -0.4 is 10.1 Å². The maximum Gasteiger partial charge on any atom is 0.257 e. The van der Waals surface area contributed by atoms with E-state index in [1.54, 1.807) is 12.1 Å². The average molecular weight is 360 g/mol. The van der Waals surface area contributed by atoms with Crippen LogP contribution in [0.3, 0.4) is 0 Å². The molecule has 0 fully saturated rings. The number of nitrogens with one attached hydrogen (secondary N) is 1. The van der Waals surface area contributed by atoms with Gasteiger partial charge >= 0.3 is 0 Å². The van der Waals surface area contributed by atoms with E-state index in [1.165, 1.54) is 13.2 Å². The van der Waals surface area contributed by atoms with E-state index in [9.17, 15) is 18.0 Å². The number of methoxy groups -OCH3 is 1. The number of anilines is 1. The molecule has 0 heterocycles. The standard InChI is InChI=1S/C14H9BrF3NO2/c1-21-8-2-3-10(15)9(6-8)14(20)19-12-5-7(16)4-11(17)13(12)18/h2-6H,1H3,(H,19,20). The molecule has 21 heavy (non-hydrogen) atoms. The molecule has 0 saturated carbocycles. The van der Waals surface area contributed by atoms with Gasteiger partial charge in [0, 0.05) is 16.6 Å². The number of amides is 1. The maximum atomic E-state index is 13.5. The molecule has 0 unspecified atom stereocenters. The first kappa shape index (κ1) is 15.4. The molecule has 0 spiro atoms. The second-order valence-electron chi connectivity index (χ2n) is 4.05. The highest BCUT2D eigenvalue weighted by Gasteiger charge is 2.16. The Bertz CT molecular complexity index is 707. The Morgan fingerprint density at radius 2 is 1.90 bits per heavy atom. The van der Waals surface area contributed by atoms with Gasteiger partial charge in [-0.15, -0.1) is 0 Å². The predicted octanol–water partition coefficient (Wildman–Crippen LogP) is 4.13. The highest BCUT2D eigenvalue weighted by Crippen LogP contribution is 2.25. The minimum Gasteiger partial charge on any atom is -0.497 e. The van der Waals surface area contributed by atoms with Crippen molar-refractivity contribution in [1.29, 1.82) is 0 Å². The monoisotopic (exact) mass is 359 g/mol. The van der Waals surface area contributed by atoms with Crippen LogP contribution in [0.25, 0.3) is 0 Å². The van der Waals surface area contributed by atoms with Crippen molar-refractivity contribution < 1.29 is 22.7 Å². The van der Waals surface area contributed by atoms with Gasteiger partial charge in [-0.3, -0.25) is 4.79 Å². The van der Waals surface area contributed by atoms with Crippen LogP contribution in [0.5, 0.6) is 5.75 Å². The summed E-state index contributed by atoms with van der Waals surface area (Å²) in [5, 5.41) is 2.12. The van der Waals surface area contributed by atoms with Crippen molar-refractivity contribution in [3.8, 4) is 5.75 Å². The van der Waals surface area contributed by atoms with E-state index < -0.39 is 29.0 Å². The van der Waals surface area contributed by atoms with Crippen molar-refractivity contribution in [3.63, 3.8) is 0 Å². The molecule has 3 nitrogen and oxygen atoms in total. The van der Waals surface area contributed by atoms with Gasteiger partial charge in [0.25, 0.3) is 5.91 Å². The van der Waals surface area contributed by atoms with Crippen LogP contribution in [0.4, 0.5) is 18.9 Å². The molecule has 2 aromatic rings. The molecule has 0 radical (unpaired) electrons. The summed E-state index contributed by atoms with van der Waals surface area (Å²) >= 11 is 3.16. The van der Waals surface area contributed by atoms with Gasteiger partial charge in [-0.25, -0.2) is 13.2 Å². The number of benzene rings is 2. The topological polar surface area (TPSA) is 38.3 Å². The minimum absolute atomic E-state index is 0.137. The quantitative estimate of drug-likeness (QED) is 0.836. The van der Waals surface area contributed by atoms with Gasteiger partial charge in [-0.2, -0.15) is 0 Å². The Balaban J connectivity index is 2.34. The molecular formula is C14H9BrF3NO2. The molecule has 0 bridgehead atoms. The van der Waals surface area contributed by atoms with Crippen LogP contribution in [0.15, 0.2) is 34.8 Å². The molecule has 1 N–H and O–H groups in total. The molecule has 0 saturated heterocycles. The second-order valence-corrected chi connectivity index (χ2v) is 4.90. The van der Waals surface area contributed by atoms with Gasteiger partial charge in [0.1, 0.15) is 11.6 Å². The molecule has 0 aliphatic carbocycles. The number of rotatable bonds is 3. The lowest BCUT2D eigenvalue weighted by Crippen LogP contribution is -2.14. The molecule has 7 heteroatoms. The van der Waals surface area contributed by atoms with Crippen molar-refractivity contribution in [3.05, 3.63) is 57.8 Å². The maximum absolute atomic E-state index is 13.5. The Kier molecular flexibility index (Phi) is 4.52. The number of halogens is 4. The Labute approximate surface area is 126 Å². The average Bonchev–Trinajstić information content (AvgIpc) is 2.44. The van der Waals surface area contributed by atoms with Crippen LogP contribution >= 0.6 is 15.9 Å². The summed E-state index contributed by atoms with van der Waals surface area (Å²) in [7, 11) is 1.42. The van der Waals surface area contributed by atoms with E-state index in [2.05, 4.69) is 21.2 Å². The minimum atomic E-state index is -1.38. The molecule has 0 aliphatic rings. The van der Waals surface area contributed by atoms with Gasteiger partial charge in [0.2, 0.25) is 0 Å². The summed E-state index contributed by atoms with van der Waals surface area (Å²) in [5.74, 6) is -4.02. The largest absolute Gasteiger partial charge is 0.497 e. The number of ether oxygens (including phenoxy) is 1. The van der Waals surface area contributed by atoms with Gasteiger partial charge in [-0.1, -0.05) is 0 Å². The van der Waals surface area contributed by atoms with Crippen LogP contribution in [0, 0.1) is 17.5 Å². The predicted molar refractivity (Wildman–Crippen MR) is 75.0 cm³/mol. The van der Waals surface area contributed by atoms with E-state index in [0.717, 1.165) is 0 Å². The van der Waals surface area contributed by atoms with Crippen LogP contribution in [0.2, 0.25) is 0 Å². The molecule has 110 valence electrons. The summed E-state index contributed by atoms with van der Waals surface area (Å²) in [4.78, 5) is 12.1. The fourth-order valence-electron chi connectivity index (χ4n) is 1.64. The number of hydrogen-bond donors (Lipinski definition) is 1. The summed E-state index contributed by atoms with van der Waals surface area (Å²) in [6, 6.07) is 5.68. The van der Waals surface area contributed by atoms with E-state index >= 15 is 0 Å². The first-order valence-corrected chi connectivity index (χ1v) is 6.51. The Morgan fingerprint density at radius 1 is 1.19 bits per heavy atom. The zero-order chi connectivity index (χ0) is 15.6. The fraction of sp³-hybridized carbons (Fsp3) is 0.0714. The summed E-state index contributed by atoms with van der Waals surface area (Å²) in [6.07, 6.45) is 0. The fourth-order valence-corrected chi connectivity index (χ4v) is 2.07. The third-order valence-corrected chi connectivity index (χ3v) is 3.35. The van der Waals surface area contributed by atoms with Gasteiger partial charge in [0.05, 0.1) is 18.4 Å². The zero-order valence-corrected chi connectivity index (χ0v) is 12.3. The first-order valence-electron chi connectivity index (χ1n) is 5.72. The molecular weight excluding hydrogens is 351 g/mol. The number of hydrogen-bond acceptors (Lipinski definition) is 2. The zero-order valence-electron chi connectivity index (χ0n) is 10.7. The van der Waals surface area contributed by atoms with Crippen LogP contribution in [-0.2, 0) is 0 Å². The molecule has 1 amide bonds. The van der Waals surface area contributed by atoms with Gasteiger partial charge in [0.15, 0.2) is 11.6 Å². The molecule has 0 aromatic heterocycles. The smallest absolute Gasteiger partial charge is 0.257 e. The lowest BCUT2D eigenvalue weighted by Gasteiger charge is -2.10. The van der Waals surface area contributed by atoms with E-state index in [4.69, 9.17) is 4.74 Å². The van der Waals surface area contributed by atoms with Crippen LogP contribution in [0.1, 0.15) is 10.4 Å². The second kappa shape index (κ2) is 6.17. The third kappa shape index (κ3) is 3.36. The van der Waals surface area contributed by atoms with Crippen molar-refractivity contribution in [2.24, 2.45) is 0 Å². The summed E-state index contributed by atoms with van der Waals surface area (Å²) < 4.78 is 45.1. The molecule has 0 aliphatic heterocycles. The van der Waals surface area contributed by atoms with E-state index in [0.29, 0.717) is 22.4 Å². The summed E-state index contributed by atoms with van der Waals surface area (Å²) in [5.41, 5.74) is -0.439. The highest BCUT2D eigenvalue weighted by molar-refractivity contribution is 9.10. The SMILES string of the molecule is COc1ccc(Br)c(C(=O)Nc2cc(F)cc(F)c2F)c1. The van der Waals surface area contributed by atoms with Crippen molar-refractivity contribution in [1.82, 2.24) is 0 Å². The summed E-state index contributed by atoms with van der Waals surface area (Å²) in [6.45, 7) is 0. The Hall–Kier alpha value is -2.02. The van der Waals surface area contributed by atoms with Gasteiger partial charge < -0.3 is 10.1 Å². The van der Waals surface area contributed by atoms with Crippen molar-refractivity contribution >= 4 is 27.5 Å². The molecule has 2 aromatic carbocycles. The third-order valence-electron chi connectivity index (χ3n) is 2.66. The van der Waals surface area contributed by atoms with E-state index in [-0.39, 0.29) is 5.56 Å². The van der Waals surface area contributed by atoms with Crippen molar-refractivity contribution in [2.75, 3.05) is 12.4 Å². The molecule has 2 rings (SSSR count). The van der Waals surface area contributed by atoms with E-state index in [1.807, 2.05) is 0 Å². The highest BCUT2D eigenvalue weighted by atomic mass is 79.9. The molecule has 0 atom stereocenters. The van der Waals surface area contributed by atoms with Crippen LogP contribution in [-0.4, -0.2) is 13.0 Å². The van der Waals surface area contributed by atoms with Crippen molar-refractivity contribution in [2.45, 2.75) is 0 Å². The number of carbonyl (C=O) groups is 1. The normalized spacial score (nSPS) is 10.3. The Morgan fingerprint density at radius 3 is 2.57 bits per heavy atom.